The number of nitrogens with two attached hydrogens (primary N) is 1. The molecule has 3 heteroatoms. The van der Waals surface area contributed by atoms with Crippen LogP contribution >= 0.6 is 0 Å². The fraction of sp³-hybridized carbons (Fsp3) is 0.875. The Morgan fingerprint density at radius 1 is 1.64 bits per heavy atom. The number of aliphatic imine (C=N–C) groups is 1. The number of guanidine groups is 1. The standard InChI is InChI=1S/C8H17N3/c1-3-10-7(9)11-6-8(2)4-5-8/h3-6H2,1-2H3,(H3,9,10,11). The lowest BCUT2D eigenvalue weighted by Crippen LogP contribution is -2.31. The second kappa shape index (κ2) is 3.11. The van der Waals surface area contributed by atoms with Crippen molar-refractivity contribution in [3.05, 3.63) is 0 Å². The molecule has 0 aromatic rings. The molecule has 64 valence electrons. The summed E-state index contributed by atoms with van der Waals surface area (Å²) in [4.78, 5) is 4.23. The molecule has 0 radical (unpaired) electrons. The third-order valence-corrected chi connectivity index (χ3v) is 2.09. The lowest BCUT2D eigenvalue weighted by atomic mass is 10.1. The van der Waals surface area contributed by atoms with Crippen molar-refractivity contribution in [2.75, 3.05) is 13.1 Å². The van der Waals surface area contributed by atoms with Gasteiger partial charge in [0.15, 0.2) is 5.96 Å². The molecule has 0 amide bonds. The van der Waals surface area contributed by atoms with Crippen LogP contribution in [0.5, 0.6) is 0 Å². The Balaban J connectivity index is 2.22. The molecule has 1 fully saturated rings. The fourth-order valence-electron chi connectivity index (χ4n) is 0.885. The minimum atomic E-state index is 0.472. The Kier molecular flexibility index (Phi) is 2.37. The van der Waals surface area contributed by atoms with Crippen LogP contribution in [0.1, 0.15) is 26.7 Å². The molecule has 1 aliphatic rings. The van der Waals surface area contributed by atoms with Gasteiger partial charge in [0.1, 0.15) is 0 Å². The van der Waals surface area contributed by atoms with Gasteiger partial charge in [0.05, 0.1) is 0 Å². The first-order valence-corrected chi connectivity index (χ1v) is 4.20. The molecule has 11 heavy (non-hydrogen) atoms. The van der Waals surface area contributed by atoms with Crippen LogP contribution in [0.15, 0.2) is 4.99 Å². The predicted octanol–water partition coefficient (Wildman–Crippen LogP) is 0.711. The summed E-state index contributed by atoms with van der Waals surface area (Å²) in [6.45, 7) is 5.99. The molecule has 3 nitrogen and oxygen atoms in total. The van der Waals surface area contributed by atoms with Crippen molar-refractivity contribution < 1.29 is 0 Å². The van der Waals surface area contributed by atoms with E-state index in [0.717, 1.165) is 13.1 Å². The number of hydrogen-bond donors (Lipinski definition) is 2. The van der Waals surface area contributed by atoms with Gasteiger partial charge < -0.3 is 11.1 Å². The first-order valence-electron chi connectivity index (χ1n) is 4.20. The van der Waals surface area contributed by atoms with Crippen molar-refractivity contribution in [2.45, 2.75) is 26.7 Å². The van der Waals surface area contributed by atoms with Gasteiger partial charge in [0.2, 0.25) is 0 Å². The van der Waals surface area contributed by atoms with Crippen molar-refractivity contribution in [1.29, 1.82) is 0 Å². The van der Waals surface area contributed by atoms with Crippen molar-refractivity contribution in [2.24, 2.45) is 16.1 Å². The summed E-state index contributed by atoms with van der Waals surface area (Å²) in [6, 6.07) is 0. The van der Waals surface area contributed by atoms with Gasteiger partial charge in [-0.2, -0.15) is 0 Å². The largest absolute Gasteiger partial charge is 0.370 e. The molecule has 1 aliphatic carbocycles. The fourth-order valence-corrected chi connectivity index (χ4v) is 0.885. The molecule has 1 rings (SSSR count). The maximum Gasteiger partial charge on any atom is 0.188 e. The Morgan fingerprint density at radius 2 is 2.27 bits per heavy atom. The summed E-state index contributed by atoms with van der Waals surface area (Å²) >= 11 is 0. The highest BCUT2D eigenvalue weighted by molar-refractivity contribution is 5.77. The molecular formula is C8H17N3. The van der Waals surface area contributed by atoms with Crippen molar-refractivity contribution in [1.82, 2.24) is 5.32 Å². The molecule has 0 aromatic heterocycles. The predicted molar refractivity (Wildman–Crippen MR) is 47.5 cm³/mol. The Morgan fingerprint density at radius 3 is 2.73 bits per heavy atom. The first-order chi connectivity index (χ1) is 5.16. The van der Waals surface area contributed by atoms with Crippen LogP contribution in [-0.2, 0) is 0 Å². The average Bonchev–Trinajstić information content (AvgIpc) is 2.66. The van der Waals surface area contributed by atoms with Crippen LogP contribution in [-0.4, -0.2) is 19.0 Å². The Hall–Kier alpha value is -0.730. The van der Waals surface area contributed by atoms with Crippen molar-refractivity contribution in [3.63, 3.8) is 0 Å². The highest BCUT2D eigenvalue weighted by Gasteiger charge is 2.36. The minimum absolute atomic E-state index is 0.472. The lowest BCUT2D eigenvalue weighted by molar-refractivity contribution is 0.588. The molecule has 0 heterocycles. The van der Waals surface area contributed by atoms with Gasteiger partial charge in [-0.3, -0.25) is 4.99 Å². The van der Waals surface area contributed by atoms with Gasteiger partial charge in [-0.05, 0) is 25.2 Å². The van der Waals surface area contributed by atoms with E-state index in [1.807, 2.05) is 6.92 Å². The number of nitrogens with one attached hydrogen (secondary N) is 1. The summed E-state index contributed by atoms with van der Waals surface area (Å²) < 4.78 is 0. The second-order valence-corrected chi connectivity index (χ2v) is 3.54. The van der Waals surface area contributed by atoms with E-state index in [1.54, 1.807) is 0 Å². The summed E-state index contributed by atoms with van der Waals surface area (Å²) in [5.74, 6) is 0.584. The molecule has 0 bridgehead atoms. The van der Waals surface area contributed by atoms with Crippen LogP contribution in [0, 0.1) is 5.41 Å². The summed E-state index contributed by atoms with van der Waals surface area (Å²) in [5.41, 5.74) is 6.03. The molecule has 1 saturated carbocycles. The van der Waals surface area contributed by atoms with Crippen molar-refractivity contribution in [3.8, 4) is 0 Å². The molecule has 0 spiro atoms. The summed E-state index contributed by atoms with van der Waals surface area (Å²) in [7, 11) is 0. The highest BCUT2D eigenvalue weighted by Crippen LogP contribution is 2.44. The maximum absolute atomic E-state index is 5.56. The Labute approximate surface area is 68.1 Å². The third kappa shape index (κ3) is 2.78. The maximum atomic E-state index is 5.56. The second-order valence-electron chi connectivity index (χ2n) is 3.54. The van der Waals surface area contributed by atoms with Gasteiger partial charge in [-0.25, -0.2) is 0 Å². The van der Waals surface area contributed by atoms with Gasteiger partial charge in [-0.15, -0.1) is 0 Å². The monoisotopic (exact) mass is 155 g/mol. The van der Waals surface area contributed by atoms with E-state index < -0.39 is 0 Å². The third-order valence-electron chi connectivity index (χ3n) is 2.09. The van der Waals surface area contributed by atoms with E-state index in [2.05, 4.69) is 17.2 Å². The smallest absolute Gasteiger partial charge is 0.188 e. The van der Waals surface area contributed by atoms with E-state index in [9.17, 15) is 0 Å². The van der Waals surface area contributed by atoms with Crippen LogP contribution < -0.4 is 11.1 Å². The van der Waals surface area contributed by atoms with E-state index in [4.69, 9.17) is 5.73 Å². The van der Waals surface area contributed by atoms with Gasteiger partial charge >= 0.3 is 0 Å². The molecule has 0 aliphatic heterocycles. The molecule has 3 N–H and O–H groups in total. The molecule has 0 atom stereocenters. The summed E-state index contributed by atoms with van der Waals surface area (Å²) in [6.07, 6.45) is 2.60. The van der Waals surface area contributed by atoms with E-state index in [0.29, 0.717) is 11.4 Å². The first kappa shape index (κ1) is 8.37. The van der Waals surface area contributed by atoms with E-state index in [-0.39, 0.29) is 0 Å². The zero-order valence-corrected chi connectivity index (χ0v) is 7.35. The van der Waals surface area contributed by atoms with Gasteiger partial charge in [-0.1, -0.05) is 6.92 Å². The normalized spacial score (nSPS) is 21.5. The van der Waals surface area contributed by atoms with Crippen LogP contribution in [0.2, 0.25) is 0 Å². The van der Waals surface area contributed by atoms with E-state index >= 15 is 0 Å². The highest BCUT2D eigenvalue weighted by atomic mass is 15.1. The van der Waals surface area contributed by atoms with Crippen LogP contribution in [0.25, 0.3) is 0 Å². The van der Waals surface area contributed by atoms with Crippen LogP contribution in [0.4, 0.5) is 0 Å². The van der Waals surface area contributed by atoms with Gasteiger partial charge in [0, 0.05) is 13.1 Å². The van der Waals surface area contributed by atoms with E-state index in [1.165, 1.54) is 12.8 Å². The SMILES string of the molecule is CCNC(N)=NCC1(C)CC1. The quantitative estimate of drug-likeness (QED) is 0.466. The average molecular weight is 155 g/mol. The molecule has 0 unspecified atom stereocenters. The zero-order valence-electron chi connectivity index (χ0n) is 7.35. The lowest BCUT2D eigenvalue weighted by Gasteiger charge is -2.05. The molecule has 0 saturated heterocycles. The summed E-state index contributed by atoms with van der Waals surface area (Å²) in [5, 5.41) is 2.97. The number of rotatable bonds is 3. The minimum Gasteiger partial charge on any atom is -0.370 e. The van der Waals surface area contributed by atoms with Crippen molar-refractivity contribution >= 4 is 5.96 Å². The zero-order chi connectivity index (χ0) is 8.32. The number of hydrogen-bond acceptors (Lipinski definition) is 1. The molecular weight excluding hydrogens is 138 g/mol. The van der Waals surface area contributed by atoms with Gasteiger partial charge in [0.25, 0.3) is 0 Å². The topological polar surface area (TPSA) is 50.4 Å². The molecule has 0 aromatic carbocycles. The van der Waals surface area contributed by atoms with Crippen LogP contribution in [0.3, 0.4) is 0 Å². The Bertz CT molecular complexity index is 159. The number of nitrogens with zero attached hydrogens (tertiary/aromatic N) is 1.